The van der Waals surface area contributed by atoms with Crippen LogP contribution >= 0.6 is 15.9 Å². The van der Waals surface area contributed by atoms with Crippen LogP contribution in [0.5, 0.6) is 0 Å². The molecule has 1 aliphatic heterocycles. The SMILES string of the molecule is Nc1cc(CN2CCN(C3CCCC3)CC2)ccc1Br. The summed E-state index contributed by atoms with van der Waals surface area (Å²) < 4.78 is 0.993. The zero-order valence-corrected chi connectivity index (χ0v) is 13.6. The standard InChI is InChI=1S/C16H24BrN3/c17-15-6-5-13(11-16(15)18)12-19-7-9-20(10-8-19)14-3-1-2-4-14/h5-6,11,14H,1-4,7-10,12,18H2. The van der Waals surface area contributed by atoms with E-state index >= 15 is 0 Å². The summed E-state index contributed by atoms with van der Waals surface area (Å²) in [6.07, 6.45) is 5.71. The first-order valence-electron chi connectivity index (χ1n) is 7.73. The molecule has 1 heterocycles. The van der Waals surface area contributed by atoms with Crippen molar-refractivity contribution in [2.24, 2.45) is 0 Å². The number of nitrogen functional groups attached to an aromatic ring is 1. The van der Waals surface area contributed by atoms with Crippen molar-refractivity contribution in [1.29, 1.82) is 0 Å². The molecule has 3 rings (SSSR count). The van der Waals surface area contributed by atoms with Crippen LogP contribution in [-0.2, 0) is 6.54 Å². The Hall–Kier alpha value is -0.580. The molecule has 20 heavy (non-hydrogen) atoms. The van der Waals surface area contributed by atoms with Crippen LogP contribution in [0.15, 0.2) is 22.7 Å². The predicted octanol–water partition coefficient (Wildman–Crippen LogP) is 3.09. The normalized spacial score (nSPS) is 22.4. The molecule has 1 aliphatic carbocycles. The van der Waals surface area contributed by atoms with E-state index in [2.05, 4.69) is 43.9 Å². The van der Waals surface area contributed by atoms with Gasteiger partial charge in [-0.05, 0) is 46.5 Å². The first-order valence-corrected chi connectivity index (χ1v) is 8.52. The second kappa shape index (κ2) is 6.46. The van der Waals surface area contributed by atoms with Gasteiger partial charge in [-0.3, -0.25) is 9.80 Å². The summed E-state index contributed by atoms with van der Waals surface area (Å²) in [5, 5.41) is 0. The third-order valence-electron chi connectivity index (χ3n) is 4.71. The number of halogens is 1. The highest BCUT2D eigenvalue weighted by atomic mass is 79.9. The average molecular weight is 338 g/mol. The van der Waals surface area contributed by atoms with Crippen molar-refractivity contribution in [1.82, 2.24) is 9.80 Å². The van der Waals surface area contributed by atoms with Crippen LogP contribution in [0.4, 0.5) is 5.69 Å². The molecule has 0 aromatic heterocycles. The number of rotatable bonds is 3. The third kappa shape index (κ3) is 3.35. The van der Waals surface area contributed by atoms with Crippen molar-refractivity contribution in [3.8, 4) is 0 Å². The van der Waals surface area contributed by atoms with Crippen LogP contribution in [0.3, 0.4) is 0 Å². The number of benzene rings is 1. The lowest BCUT2D eigenvalue weighted by atomic mass is 10.1. The van der Waals surface area contributed by atoms with Gasteiger partial charge in [0, 0.05) is 48.9 Å². The van der Waals surface area contributed by atoms with Crippen LogP contribution in [0.25, 0.3) is 0 Å². The molecule has 0 atom stereocenters. The Morgan fingerprint density at radius 2 is 1.80 bits per heavy atom. The first kappa shape index (κ1) is 14.4. The van der Waals surface area contributed by atoms with Crippen molar-refractivity contribution in [3.05, 3.63) is 28.2 Å². The Morgan fingerprint density at radius 1 is 1.10 bits per heavy atom. The van der Waals surface area contributed by atoms with Crippen molar-refractivity contribution in [2.45, 2.75) is 38.3 Å². The van der Waals surface area contributed by atoms with Crippen LogP contribution < -0.4 is 5.73 Å². The predicted molar refractivity (Wildman–Crippen MR) is 87.7 cm³/mol. The molecular formula is C16H24BrN3. The van der Waals surface area contributed by atoms with E-state index in [-0.39, 0.29) is 0 Å². The van der Waals surface area contributed by atoms with E-state index in [1.54, 1.807) is 0 Å². The van der Waals surface area contributed by atoms with Crippen LogP contribution in [0, 0.1) is 0 Å². The van der Waals surface area contributed by atoms with Crippen LogP contribution in [0.2, 0.25) is 0 Å². The molecule has 1 aromatic rings. The molecule has 2 aliphatic rings. The fourth-order valence-corrected chi connectivity index (χ4v) is 3.75. The molecule has 2 fully saturated rings. The summed E-state index contributed by atoms with van der Waals surface area (Å²) in [7, 11) is 0. The Morgan fingerprint density at radius 3 is 2.45 bits per heavy atom. The molecule has 0 radical (unpaired) electrons. The Kier molecular flexibility index (Phi) is 4.64. The van der Waals surface area contributed by atoms with Gasteiger partial charge in [0.05, 0.1) is 0 Å². The van der Waals surface area contributed by atoms with Gasteiger partial charge in [0.25, 0.3) is 0 Å². The van der Waals surface area contributed by atoms with Gasteiger partial charge in [-0.25, -0.2) is 0 Å². The lowest BCUT2D eigenvalue weighted by molar-refractivity contribution is 0.0937. The van der Waals surface area contributed by atoms with Gasteiger partial charge in [-0.1, -0.05) is 18.9 Å². The maximum Gasteiger partial charge on any atom is 0.0461 e. The molecule has 4 heteroatoms. The minimum Gasteiger partial charge on any atom is -0.398 e. The van der Waals surface area contributed by atoms with E-state index in [4.69, 9.17) is 5.73 Å². The fraction of sp³-hybridized carbons (Fsp3) is 0.625. The summed E-state index contributed by atoms with van der Waals surface area (Å²) in [6.45, 7) is 5.86. The number of anilines is 1. The van der Waals surface area contributed by atoms with Gasteiger partial charge < -0.3 is 5.73 Å². The summed E-state index contributed by atoms with van der Waals surface area (Å²) >= 11 is 3.45. The van der Waals surface area contributed by atoms with E-state index in [0.717, 1.165) is 22.7 Å². The zero-order chi connectivity index (χ0) is 13.9. The topological polar surface area (TPSA) is 32.5 Å². The summed E-state index contributed by atoms with van der Waals surface area (Å²) in [6, 6.07) is 7.19. The average Bonchev–Trinajstić information content (AvgIpc) is 2.98. The highest BCUT2D eigenvalue weighted by molar-refractivity contribution is 9.10. The highest BCUT2D eigenvalue weighted by Crippen LogP contribution is 2.25. The largest absolute Gasteiger partial charge is 0.398 e. The Balaban J connectivity index is 1.51. The van der Waals surface area contributed by atoms with Gasteiger partial charge in [-0.2, -0.15) is 0 Å². The number of hydrogen-bond acceptors (Lipinski definition) is 3. The number of nitrogens with two attached hydrogens (primary N) is 1. The molecule has 110 valence electrons. The molecule has 0 amide bonds. The van der Waals surface area contributed by atoms with Gasteiger partial charge in [0.1, 0.15) is 0 Å². The molecule has 1 aromatic carbocycles. The summed E-state index contributed by atoms with van der Waals surface area (Å²) in [5.41, 5.74) is 8.12. The maximum atomic E-state index is 5.96. The van der Waals surface area contributed by atoms with E-state index in [1.807, 2.05) is 0 Å². The second-order valence-electron chi connectivity index (χ2n) is 6.11. The van der Waals surface area contributed by atoms with Gasteiger partial charge >= 0.3 is 0 Å². The van der Waals surface area contributed by atoms with Gasteiger partial charge in [-0.15, -0.1) is 0 Å². The quantitative estimate of drug-likeness (QED) is 0.860. The summed E-state index contributed by atoms with van der Waals surface area (Å²) in [5.74, 6) is 0. The molecule has 0 bridgehead atoms. The summed E-state index contributed by atoms with van der Waals surface area (Å²) in [4.78, 5) is 5.26. The van der Waals surface area contributed by atoms with Crippen molar-refractivity contribution in [2.75, 3.05) is 31.9 Å². The van der Waals surface area contributed by atoms with E-state index < -0.39 is 0 Å². The number of hydrogen-bond donors (Lipinski definition) is 1. The smallest absolute Gasteiger partial charge is 0.0461 e. The fourth-order valence-electron chi connectivity index (χ4n) is 3.51. The molecule has 1 saturated heterocycles. The molecule has 0 unspecified atom stereocenters. The third-order valence-corrected chi connectivity index (χ3v) is 5.44. The second-order valence-corrected chi connectivity index (χ2v) is 6.96. The Labute approximate surface area is 130 Å². The van der Waals surface area contributed by atoms with Crippen molar-refractivity contribution < 1.29 is 0 Å². The lowest BCUT2D eigenvalue weighted by Gasteiger charge is -2.38. The number of piperazine rings is 1. The molecule has 1 saturated carbocycles. The van der Waals surface area contributed by atoms with Crippen molar-refractivity contribution in [3.63, 3.8) is 0 Å². The van der Waals surface area contributed by atoms with Gasteiger partial charge in [0.15, 0.2) is 0 Å². The van der Waals surface area contributed by atoms with E-state index in [1.165, 1.54) is 57.4 Å². The molecule has 0 spiro atoms. The maximum absolute atomic E-state index is 5.96. The van der Waals surface area contributed by atoms with E-state index in [9.17, 15) is 0 Å². The first-order chi connectivity index (χ1) is 9.72. The molecular weight excluding hydrogens is 314 g/mol. The molecule has 2 N–H and O–H groups in total. The zero-order valence-electron chi connectivity index (χ0n) is 12.0. The molecule has 3 nitrogen and oxygen atoms in total. The minimum absolute atomic E-state index is 0.840. The number of nitrogens with zero attached hydrogens (tertiary/aromatic N) is 2. The lowest BCUT2D eigenvalue weighted by Crippen LogP contribution is -2.49. The van der Waals surface area contributed by atoms with Crippen LogP contribution in [-0.4, -0.2) is 42.0 Å². The highest BCUT2D eigenvalue weighted by Gasteiger charge is 2.25. The van der Waals surface area contributed by atoms with E-state index in [0.29, 0.717) is 0 Å². The minimum atomic E-state index is 0.840. The Bertz CT molecular complexity index is 449. The van der Waals surface area contributed by atoms with Crippen LogP contribution in [0.1, 0.15) is 31.2 Å². The monoisotopic (exact) mass is 337 g/mol. The van der Waals surface area contributed by atoms with Gasteiger partial charge in [0.2, 0.25) is 0 Å². The van der Waals surface area contributed by atoms with Crippen molar-refractivity contribution >= 4 is 21.6 Å².